The van der Waals surface area contributed by atoms with Crippen LogP contribution in [0.2, 0.25) is 0 Å². The van der Waals surface area contributed by atoms with Crippen LogP contribution >= 0.6 is 0 Å². The van der Waals surface area contributed by atoms with Gasteiger partial charge >= 0.3 is 6.09 Å². The molecule has 1 amide bonds. The lowest BCUT2D eigenvalue weighted by atomic mass is 9.78. The van der Waals surface area contributed by atoms with Gasteiger partial charge in [0.25, 0.3) is 0 Å². The molecular weight excluding hydrogens is 416 g/mol. The predicted molar refractivity (Wildman–Crippen MR) is 124 cm³/mol. The Kier molecular flexibility index (Phi) is 5.05. The highest BCUT2D eigenvalue weighted by Gasteiger charge is 2.41. The van der Waals surface area contributed by atoms with Crippen LogP contribution in [-0.4, -0.2) is 53.3 Å². The van der Waals surface area contributed by atoms with E-state index in [9.17, 15) is 4.79 Å². The number of hydrogen-bond acceptors (Lipinski definition) is 6. The summed E-state index contributed by atoms with van der Waals surface area (Å²) in [5.41, 5.74) is 2.72. The summed E-state index contributed by atoms with van der Waals surface area (Å²) in [6, 6.07) is 5.97. The molecular formula is C26H32N4O3. The van der Waals surface area contributed by atoms with Gasteiger partial charge in [0.1, 0.15) is 17.7 Å². The van der Waals surface area contributed by atoms with E-state index in [0.29, 0.717) is 18.4 Å². The lowest BCUT2D eigenvalue weighted by Gasteiger charge is -2.44. The van der Waals surface area contributed by atoms with Gasteiger partial charge in [0.2, 0.25) is 0 Å². The number of ether oxygens (including phenoxy) is 2. The van der Waals surface area contributed by atoms with Gasteiger partial charge in [-0.2, -0.15) is 0 Å². The second-order valence-electron chi connectivity index (χ2n) is 10.8. The fourth-order valence-corrected chi connectivity index (χ4v) is 5.49. The van der Waals surface area contributed by atoms with Gasteiger partial charge < -0.3 is 14.8 Å². The summed E-state index contributed by atoms with van der Waals surface area (Å²) in [6.45, 7) is 7.87. The Morgan fingerprint density at radius 1 is 1.12 bits per heavy atom. The molecule has 3 saturated heterocycles. The standard InChI is InChI=1S/C26H32N4O3/c1-26(2)15-32-21-11-18(19-12-27-24(28-13-19)17-3-4-17)5-6-20(21)23(26)29-25(31)33-22-14-30-9-7-16(22)8-10-30/h5-6,11-13,16-17,22-23H,3-4,7-10,14-15H2,1-2H3,(H,29,31)/t22-,23?/m1/s1. The number of aromatic nitrogens is 2. The molecule has 1 aliphatic carbocycles. The highest BCUT2D eigenvalue weighted by Crippen LogP contribution is 2.44. The number of alkyl carbamates (subject to hydrolysis) is 1. The molecule has 33 heavy (non-hydrogen) atoms. The van der Waals surface area contributed by atoms with Crippen LogP contribution in [0.5, 0.6) is 5.75 Å². The Morgan fingerprint density at radius 3 is 2.55 bits per heavy atom. The molecule has 0 radical (unpaired) electrons. The number of benzene rings is 1. The highest BCUT2D eigenvalue weighted by atomic mass is 16.6. The predicted octanol–water partition coefficient (Wildman–Crippen LogP) is 4.30. The molecule has 1 aromatic heterocycles. The first kappa shape index (κ1) is 20.9. The molecule has 5 aliphatic rings. The molecule has 4 fully saturated rings. The average molecular weight is 449 g/mol. The van der Waals surface area contributed by atoms with Crippen molar-refractivity contribution in [3.8, 4) is 16.9 Å². The minimum Gasteiger partial charge on any atom is -0.493 e. The van der Waals surface area contributed by atoms with E-state index in [2.05, 4.69) is 46.2 Å². The molecule has 174 valence electrons. The van der Waals surface area contributed by atoms with Crippen molar-refractivity contribution >= 4 is 6.09 Å². The molecule has 1 N–H and O–H groups in total. The van der Waals surface area contributed by atoms with Crippen LogP contribution in [-0.2, 0) is 4.74 Å². The molecule has 7 rings (SSSR count). The zero-order chi connectivity index (χ0) is 22.6. The Morgan fingerprint density at radius 2 is 1.88 bits per heavy atom. The molecule has 1 aromatic carbocycles. The van der Waals surface area contributed by atoms with E-state index in [1.165, 1.54) is 12.8 Å². The molecule has 4 aliphatic heterocycles. The van der Waals surface area contributed by atoms with E-state index < -0.39 is 0 Å². The van der Waals surface area contributed by atoms with Crippen molar-refractivity contribution in [3.63, 3.8) is 0 Å². The maximum Gasteiger partial charge on any atom is 0.407 e. The smallest absolute Gasteiger partial charge is 0.407 e. The maximum atomic E-state index is 12.9. The third-order valence-electron chi connectivity index (χ3n) is 7.77. The molecule has 2 bridgehead atoms. The second kappa shape index (κ2) is 7.97. The average Bonchev–Trinajstić information content (AvgIpc) is 3.67. The molecule has 0 spiro atoms. The van der Waals surface area contributed by atoms with Crippen LogP contribution in [0, 0.1) is 11.3 Å². The molecule has 2 atom stereocenters. The van der Waals surface area contributed by atoms with Gasteiger partial charge in [-0.1, -0.05) is 26.0 Å². The van der Waals surface area contributed by atoms with Gasteiger partial charge in [-0.3, -0.25) is 4.90 Å². The SMILES string of the molecule is CC1(C)COc2cc(-c3cnc(C4CC4)nc3)ccc2C1NC(=O)O[C@@H]1CN2CCC1CC2. The van der Waals surface area contributed by atoms with E-state index >= 15 is 0 Å². The summed E-state index contributed by atoms with van der Waals surface area (Å²) in [6.07, 6.45) is 8.10. The largest absolute Gasteiger partial charge is 0.493 e. The van der Waals surface area contributed by atoms with Crippen LogP contribution in [0.15, 0.2) is 30.6 Å². The van der Waals surface area contributed by atoms with Crippen molar-refractivity contribution in [1.82, 2.24) is 20.2 Å². The number of fused-ring (bicyclic) bond motifs is 4. The lowest BCUT2D eigenvalue weighted by molar-refractivity contribution is -0.0361. The monoisotopic (exact) mass is 448 g/mol. The highest BCUT2D eigenvalue weighted by molar-refractivity contribution is 5.70. The first-order valence-corrected chi connectivity index (χ1v) is 12.2. The van der Waals surface area contributed by atoms with Crippen molar-refractivity contribution < 1.29 is 14.3 Å². The molecule has 7 heteroatoms. The Bertz CT molecular complexity index is 1040. The summed E-state index contributed by atoms with van der Waals surface area (Å²) in [4.78, 5) is 24.4. The van der Waals surface area contributed by atoms with Gasteiger partial charge in [-0.25, -0.2) is 14.8 Å². The van der Waals surface area contributed by atoms with E-state index in [0.717, 1.165) is 60.7 Å². The van der Waals surface area contributed by atoms with Gasteiger partial charge in [-0.15, -0.1) is 0 Å². The molecule has 1 unspecified atom stereocenters. The molecule has 2 aromatic rings. The number of piperidine rings is 3. The van der Waals surface area contributed by atoms with Crippen molar-refractivity contribution in [2.45, 2.75) is 57.6 Å². The van der Waals surface area contributed by atoms with Crippen molar-refractivity contribution in [2.24, 2.45) is 11.3 Å². The Hall–Kier alpha value is -2.67. The fourth-order valence-electron chi connectivity index (χ4n) is 5.49. The quantitative estimate of drug-likeness (QED) is 0.752. The number of carbonyl (C=O) groups is 1. The molecule has 1 saturated carbocycles. The second-order valence-corrected chi connectivity index (χ2v) is 10.8. The van der Waals surface area contributed by atoms with Crippen LogP contribution in [0.1, 0.15) is 62.9 Å². The first-order chi connectivity index (χ1) is 16.0. The first-order valence-electron chi connectivity index (χ1n) is 12.2. The van der Waals surface area contributed by atoms with E-state index in [4.69, 9.17) is 9.47 Å². The van der Waals surface area contributed by atoms with Gasteiger partial charge in [0, 0.05) is 41.4 Å². The van der Waals surface area contributed by atoms with Gasteiger partial charge in [-0.05, 0) is 56.3 Å². The van der Waals surface area contributed by atoms with Gasteiger partial charge in [0.15, 0.2) is 0 Å². The summed E-state index contributed by atoms with van der Waals surface area (Å²) in [5.74, 6) is 2.78. The number of nitrogens with zero attached hydrogens (tertiary/aromatic N) is 3. The van der Waals surface area contributed by atoms with Gasteiger partial charge in [0.05, 0.1) is 12.6 Å². The summed E-state index contributed by atoms with van der Waals surface area (Å²) < 4.78 is 12.1. The Balaban J connectivity index is 1.20. The zero-order valence-corrected chi connectivity index (χ0v) is 19.4. The number of nitrogens with one attached hydrogen (secondary N) is 1. The lowest BCUT2D eigenvalue weighted by Crippen LogP contribution is -2.53. The number of hydrogen-bond donors (Lipinski definition) is 1. The van der Waals surface area contributed by atoms with E-state index in [-0.39, 0.29) is 23.7 Å². The molecule has 5 heterocycles. The van der Waals surface area contributed by atoms with Crippen LogP contribution in [0.4, 0.5) is 4.79 Å². The summed E-state index contributed by atoms with van der Waals surface area (Å²) in [7, 11) is 0. The van der Waals surface area contributed by atoms with Crippen LogP contribution < -0.4 is 10.1 Å². The van der Waals surface area contributed by atoms with Crippen LogP contribution in [0.3, 0.4) is 0 Å². The number of amides is 1. The topological polar surface area (TPSA) is 76.6 Å². The number of rotatable bonds is 4. The minimum absolute atomic E-state index is 0.00379. The Labute approximate surface area is 194 Å². The summed E-state index contributed by atoms with van der Waals surface area (Å²) >= 11 is 0. The fraction of sp³-hybridized carbons (Fsp3) is 0.577. The van der Waals surface area contributed by atoms with E-state index in [1.54, 1.807) is 0 Å². The molecule has 7 nitrogen and oxygen atoms in total. The minimum atomic E-state index is -0.326. The number of carbonyl (C=O) groups excluding carboxylic acids is 1. The summed E-state index contributed by atoms with van der Waals surface area (Å²) in [5, 5.41) is 3.17. The van der Waals surface area contributed by atoms with Crippen LogP contribution in [0.25, 0.3) is 11.1 Å². The third-order valence-corrected chi connectivity index (χ3v) is 7.77. The maximum absolute atomic E-state index is 12.9. The van der Waals surface area contributed by atoms with E-state index in [1.807, 2.05) is 18.5 Å². The third kappa shape index (κ3) is 4.07. The zero-order valence-electron chi connectivity index (χ0n) is 19.4. The normalized spacial score (nSPS) is 29.6. The van der Waals surface area contributed by atoms with Crippen molar-refractivity contribution in [1.29, 1.82) is 0 Å². The van der Waals surface area contributed by atoms with Crippen molar-refractivity contribution in [2.75, 3.05) is 26.2 Å². The van der Waals surface area contributed by atoms with Crippen molar-refractivity contribution in [3.05, 3.63) is 42.0 Å².